The number of hydrogen-bond acceptors (Lipinski definition) is 4. The van der Waals surface area contributed by atoms with Crippen LogP contribution < -0.4 is 0 Å². The number of thioether (sulfide) groups is 2. The van der Waals surface area contributed by atoms with Crippen LogP contribution in [0.1, 0.15) is 36.8 Å². The Labute approximate surface area is 277 Å². The number of carbonyl (C=O) groups is 2. The van der Waals surface area contributed by atoms with Gasteiger partial charge in [-0.3, -0.25) is 9.59 Å². The molecule has 0 N–H and O–H groups in total. The summed E-state index contributed by atoms with van der Waals surface area (Å²) in [4.78, 5) is 25.3. The summed E-state index contributed by atoms with van der Waals surface area (Å²) < 4.78 is 0. The molecule has 0 amide bonds. The third kappa shape index (κ3) is 5.48. The van der Waals surface area contributed by atoms with E-state index in [9.17, 15) is 9.59 Å². The molecule has 8 aromatic carbocycles. The van der Waals surface area contributed by atoms with E-state index >= 15 is 0 Å². The van der Waals surface area contributed by atoms with Gasteiger partial charge in [0.25, 0.3) is 0 Å². The topological polar surface area (TPSA) is 34.1 Å². The van der Waals surface area contributed by atoms with Crippen molar-refractivity contribution < 1.29 is 9.59 Å². The van der Waals surface area contributed by atoms with E-state index in [2.05, 4.69) is 109 Å². The van der Waals surface area contributed by atoms with Crippen molar-refractivity contribution in [2.75, 3.05) is 11.5 Å². The fraction of sp³-hybridized carbons (Fsp3) is 0.190. The number of rotatable bonds is 11. The van der Waals surface area contributed by atoms with Crippen molar-refractivity contribution >= 4 is 98.4 Å². The third-order valence-corrected chi connectivity index (χ3v) is 11.6. The zero-order chi connectivity index (χ0) is 31.0. The summed E-state index contributed by atoms with van der Waals surface area (Å²) in [6.07, 6.45) is 4.57. The average molecular weight is 635 g/mol. The van der Waals surface area contributed by atoms with Crippen molar-refractivity contribution in [3.63, 3.8) is 0 Å². The van der Waals surface area contributed by atoms with Crippen molar-refractivity contribution in [3.05, 3.63) is 120 Å². The molecule has 0 heterocycles. The van der Waals surface area contributed by atoms with E-state index in [1.54, 1.807) is 0 Å². The minimum atomic E-state index is 0.222. The van der Waals surface area contributed by atoms with E-state index < -0.39 is 0 Å². The minimum Gasteiger partial charge on any atom is -0.287 e. The number of benzene rings is 8. The van der Waals surface area contributed by atoms with Gasteiger partial charge in [0.15, 0.2) is 10.2 Å². The molecule has 0 atom stereocenters. The first-order chi connectivity index (χ1) is 22.6. The Morgan fingerprint density at radius 3 is 1.17 bits per heavy atom. The zero-order valence-corrected chi connectivity index (χ0v) is 27.3. The summed E-state index contributed by atoms with van der Waals surface area (Å²) in [5.74, 6) is 1.37. The first kappa shape index (κ1) is 29.3. The van der Waals surface area contributed by atoms with Crippen LogP contribution in [0.3, 0.4) is 0 Å². The zero-order valence-electron chi connectivity index (χ0n) is 25.7. The molecule has 4 heteroatoms. The van der Waals surface area contributed by atoms with E-state index in [1.807, 2.05) is 0 Å². The number of aryl methyl sites for hydroxylation is 2. The highest BCUT2D eigenvalue weighted by molar-refractivity contribution is 8.16. The second-order valence-electron chi connectivity index (χ2n) is 12.3. The van der Waals surface area contributed by atoms with Gasteiger partial charge in [-0.2, -0.15) is 0 Å². The maximum atomic E-state index is 12.6. The fourth-order valence-electron chi connectivity index (χ4n) is 7.33. The Morgan fingerprint density at radius 2 is 0.761 bits per heavy atom. The highest BCUT2D eigenvalue weighted by Gasteiger charge is 2.13. The third-order valence-electron chi connectivity index (χ3n) is 9.50. The van der Waals surface area contributed by atoms with Gasteiger partial charge in [-0.15, -0.1) is 0 Å². The van der Waals surface area contributed by atoms with E-state index in [0.29, 0.717) is 24.3 Å². The monoisotopic (exact) mass is 634 g/mol. The standard InChI is InChI=1S/C42H34O2S2/c43-37(11-3-5-27-13-15-33-19-17-29-7-1-9-31-21-23-35(27)41(33)39(29)31)45-25-26-46-38(44)12-4-6-28-14-16-34-20-18-30-8-2-10-32-22-24-36(28)42(34)40(30)32/h1-2,7-10,13-24H,3-6,11-12,25-26H2. The number of hydrogen-bond donors (Lipinski definition) is 0. The van der Waals surface area contributed by atoms with Gasteiger partial charge in [0.2, 0.25) is 0 Å². The molecule has 46 heavy (non-hydrogen) atoms. The van der Waals surface area contributed by atoms with Gasteiger partial charge in [-0.1, -0.05) is 133 Å². The molecule has 0 bridgehead atoms. The molecule has 0 saturated carbocycles. The van der Waals surface area contributed by atoms with Crippen LogP contribution in [0.25, 0.3) is 64.6 Å². The molecular weight excluding hydrogens is 601 g/mol. The molecule has 8 rings (SSSR count). The van der Waals surface area contributed by atoms with Gasteiger partial charge < -0.3 is 0 Å². The second-order valence-corrected chi connectivity index (χ2v) is 14.6. The minimum absolute atomic E-state index is 0.222. The second kappa shape index (κ2) is 12.6. The highest BCUT2D eigenvalue weighted by Crippen LogP contribution is 2.38. The molecule has 0 aromatic heterocycles. The molecule has 0 aliphatic rings. The normalized spacial score (nSPS) is 12.1. The van der Waals surface area contributed by atoms with Crippen LogP contribution in [0, 0.1) is 0 Å². The van der Waals surface area contributed by atoms with Crippen LogP contribution in [-0.4, -0.2) is 21.7 Å². The lowest BCUT2D eigenvalue weighted by molar-refractivity contribution is -0.111. The van der Waals surface area contributed by atoms with E-state index in [0.717, 1.165) is 25.7 Å². The summed E-state index contributed by atoms with van der Waals surface area (Å²) in [6.45, 7) is 0. The first-order valence-electron chi connectivity index (χ1n) is 16.3. The summed E-state index contributed by atoms with van der Waals surface area (Å²) in [7, 11) is 0. The Bertz CT molecular complexity index is 2170. The quantitative estimate of drug-likeness (QED) is 0.105. The first-order valence-corrected chi connectivity index (χ1v) is 18.2. The molecule has 226 valence electrons. The maximum absolute atomic E-state index is 12.6. The molecule has 0 radical (unpaired) electrons. The molecule has 0 aliphatic carbocycles. The molecule has 0 fully saturated rings. The van der Waals surface area contributed by atoms with Gasteiger partial charge in [0.1, 0.15) is 0 Å². The highest BCUT2D eigenvalue weighted by atomic mass is 32.2. The Morgan fingerprint density at radius 1 is 0.413 bits per heavy atom. The predicted octanol–water partition coefficient (Wildman–Crippen LogP) is 11.3. The SMILES string of the molecule is O=C(CCCc1ccc2ccc3cccc4ccc1c2c34)SCCSC(=O)CCCc1ccc2ccc3cccc4ccc1c2c34. The predicted molar refractivity (Wildman–Crippen MR) is 201 cm³/mol. The van der Waals surface area contributed by atoms with Gasteiger partial charge in [-0.05, 0) is 101 Å². The summed E-state index contributed by atoms with van der Waals surface area (Å²) in [5, 5.41) is 16.1. The van der Waals surface area contributed by atoms with E-state index in [4.69, 9.17) is 0 Å². The molecule has 0 aliphatic heterocycles. The lowest BCUT2D eigenvalue weighted by Gasteiger charge is -2.14. The summed E-state index contributed by atoms with van der Waals surface area (Å²) in [5.41, 5.74) is 2.62. The van der Waals surface area contributed by atoms with Crippen LogP contribution >= 0.6 is 23.5 Å². The summed E-state index contributed by atoms with van der Waals surface area (Å²) >= 11 is 2.75. The van der Waals surface area contributed by atoms with Gasteiger partial charge in [0.05, 0.1) is 0 Å². The lowest BCUT2D eigenvalue weighted by Crippen LogP contribution is -2.00. The molecule has 0 spiro atoms. The van der Waals surface area contributed by atoms with Crippen LogP contribution in [0.5, 0.6) is 0 Å². The fourth-order valence-corrected chi connectivity index (χ4v) is 9.03. The lowest BCUT2D eigenvalue weighted by atomic mass is 9.91. The molecule has 8 aromatic rings. The van der Waals surface area contributed by atoms with Crippen molar-refractivity contribution in [2.24, 2.45) is 0 Å². The van der Waals surface area contributed by atoms with Crippen LogP contribution in [0.4, 0.5) is 0 Å². The van der Waals surface area contributed by atoms with E-state index in [1.165, 1.54) is 99.3 Å². The molecule has 2 nitrogen and oxygen atoms in total. The molecule has 0 saturated heterocycles. The van der Waals surface area contributed by atoms with Crippen molar-refractivity contribution in [1.82, 2.24) is 0 Å². The number of carbonyl (C=O) groups excluding carboxylic acids is 2. The van der Waals surface area contributed by atoms with Gasteiger partial charge in [-0.25, -0.2) is 0 Å². The average Bonchev–Trinajstić information content (AvgIpc) is 3.09. The van der Waals surface area contributed by atoms with Crippen LogP contribution in [0.15, 0.2) is 109 Å². The molecule has 0 unspecified atom stereocenters. The van der Waals surface area contributed by atoms with Gasteiger partial charge >= 0.3 is 0 Å². The Balaban J connectivity index is 0.796. The van der Waals surface area contributed by atoms with Crippen LogP contribution in [0.2, 0.25) is 0 Å². The largest absolute Gasteiger partial charge is 0.287 e. The maximum Gasteiger partial charge on any atom is 0.188 e. The molecular formula is C42H34O2S2. The van der Waals surface area contributed by atoms with Crippen molar-refractivity contribution in [1.29, 1.82) is 0 Å². The Hall–Kier alpha value is -4.12. The van der Waals surface area contributed by atoms with Gasteiger partial charge in [0, 0.05) is 24.3 Å². The smallest absolute Gasteiger partial charge is 0.188 e. The van der Waals surface area contributed by atoms with Crippen molar-refractivity contribution in [3.8, 4) is 0 Å². The van der Waals surface area contributed by atoms with E-state index in [-0.39, 0.29) is 10.2 Å². The van der Waals surface area contributed by atoms with Crippen LogP contribution in [-0.2, 0) is 22.4 Å². The summed E-state index contributed by atoms with van der Waals surface area (Å²) in [6, 6.07) is 39.7. The van der Waals surface area contributed by atoms with Crippen molar-refractivity contribution in [2.45, 2.75) is 38.5 Å². The Kier molecular flexibility index (Phi) is 8.01.